The molecule has 0 aliphatic rings. The Hall–Kier alpha value is -1.55. The summed E-state index contributed by atoms with van der Waals surface area (Å²) in [4.78, 5) is 14.0. The molecule has 0 heterocycles. The number of likely N-dealkylation sites (N-methyl/N-ethyl adjacent to an activating group) is 1. The summed E-state index contributed by atoms with van der Waals surface area (Å²) in [5, 5.41) is 3.05. The second-order valence-corrected chi connectivity index (χ2v) is 4.22. The van der Waals surface area contributed by atoms with Crippen LogP contribution in [0.4, 0.5) is 5.69 Å². The minimum Gasteiger partial charge on any atom is -0.387 e. The average Bonchev–Trinajstić information content (AvgIpc) is 2.38. The van der Waals surface area contributed by atoms with Crippen molar-refractivity contribution in [2.75, 3.05) is 39.2 Å². The highest BCUT2D eigenvalue weighted by Gasteiger charge is 2.15. The van der Waals surface area contributed by atoms with Gasteiger partial charge in [-0.05, 0) is 26.0 Å². The maximum Gasteiger partial charge on any atom is 0.255 e. The standard InChI is InChI=1S/C14H22N2O2/c1-5-18-9-8-16(4)14(17)12-10-11(2)6-7-13(12)15-3/h6-7,10,15H,5,8-9H2,1-4H3. The highest BCUT2D eigenvalue weighted by atomic mass is 16.5. The van der Waals surface area contributed by atoms with Crippen molar-refractivity contribution >= 4 is 11.6 Å². The molecule has 0 aliphatic heterocycles. The number of hydrogen-bond acceptors (Lipinski definition) is 3. The van der Waals surface area contributed by atoms with Gasteiger partial charge in [-0.15, -0.1) is 0 Å². The number of hydrogen-bond donors (Lipinski definition) is 1. The van der Waals surface area contributed by atoms with Crippen molar-refractivity contribution in [3.05, 3.63) is 29.3 Å². The minimum atomic E-state index is 0.0164. The summed E-state index contributed by atoms with van der Waals surface area (Å²) in [7, 11) is 3.62. The lowest BCUT2D eigenvalue weighted by molar-refractivity contribution is 0.0710. The Bertz CT molecular complexity index is 405. The van der Waals surface area contributed by atoms with Crippen LogP contribution in [0.2, 0.25) is 0 Å². The molecule has 0 spiro atoms. The zero-order valence-electron chi connectivity index (χ0n) is 11.6. The number of benzene rings is 1. The van der Waals surface area contributed by atoms with Crippen LogP contribution in [0.1, 0.15) is 22.8 Å². The fourth-order valence-electron chi connectivity index (χ4n) is 1.71. The van der Waals surface area contributed by atoms with E-state index in [-0.39, 0.29) is 5.91 Å². The van der Waals surface area contributed by atoms with Crippen LogP contribution in [0.25, 0.3) is 0 Å². The average molecular weight is 250 g/mol. The van der Waals surface area contributed by atoms with Crippen molar-refractivity contribution in [1.82, 2.24) is 4.90 Å². The highest BCUT2D eigenvalue weighted by Crippen LogP contribution is 2.18. The van der Waals surface area contributed by atoms with Gasteiger partial charge in [0.2, 0.25) is 0 Å². The third-order valence-electron chi connectivity index (χ3n) is 2.80. The van der Waals surface area contributed by atoms with Crippen LogP contribution in [0.15, 0.2) is 18.2 Å². The second-order valence-electron chi connectivity index (χ2n) is 4.22. The molecule has 100 valence electrons. The van der Waals surface area contributed by atoms with Gasteiger partial charge in [0, 0.05) is 32.9 Å². The van der Waals surface area contributed by atoms with Crippen molar-refractivity contribution in [3.8, 4) is 0 Å². The molecule has 0 unspecified atom stereocenters. The van der Waals surface area contributed by atoms with E-state index < -0.39 is 0 Å². The maximum absolute atomic E-state index is 12.3. The van der Waals surface area contributed by atoms with Gasteiger partial charge in [-0.2, -0.15) is 0 Å². The third-order valence-corrected chi connectivity index (χ3v) is 2.80. The number of rotatable bonds is 6. The number of aryl methyl sites for hydroxylation is 1. The summed E-state index contributed by atoms with van der Waals surface area (Å²) in [6.45, 7) is 5.77. The number of carbonyl (C=O) groups excluding carboxylic acids is 1. The molecular formula is C14H22N2O2. The Morgan fingerprint density at radius 2 is 2.17 bits per heavy atom. The van der Waals surface area contributed by atoms with Crippen LogP contribution in [-0.2, 0) is 4.74 Å². The Morgan fingerprint density at radius 3 is 2.78 bits per heavy atom. The van der Waals surface area contributed by atoms with E-state index in [4.69, 9.17) is 4.74 Å². The number of amides is 1. The van der Waals surface area contributed by atoms with Gasteiger partial charge < -0.3 is 15.0 Å². The molecule has 4 heteroatoms. The molecule has 18 heavy (non-hydrogen) atoms. The van der Waals surface area contributed by atoms with Gasteiger partial charge in [-0.25, -0.2) is 0 Å². The normalized spacial score (nSPS) is 10.2. The number of carbonyl (C=O) groups is 1. The van der Waals surface area contributed by atoms with Crippen LogP contribution in [0, 0.1) is 6.92 Å². The van der Waals surface area contributed by atoms with Gasteiger partial charge in [0.25, 0.3) is 5.91 Å². The summed E-state index contributed by atoms with van der Waals surface area (Å²) in [6, 6.07) is 5.83. The molecule has 0 saturated carbocycles. The fourth-order valence-corrected chi connectivity index (χ4v) is 1.71. The van der Waals surface area contributed by atoms with Crippen molar-refractivity contribution < 1.29 is 9.53 Å². The molecule has 0 aromatic heterocycles. The zero-order valence-corrected chi connectivity index (χ0v) is 11.6. The van der Waals surface area contributed by atoms with Gasteiger partial charge in [0.05, 0.1) is 12.2 Å². The van der Waals surface area contributed by atoms with Gasteiger partial charge >= 0.3 is 0 Å². The monoisotopic (exact) mass is 250 g/mol. The summed E-state index contributed by atoms with van der Waals surface area (Å²) >= 11 is 0. The Kier molecular flexibility index (Phi) is 5.65. The van der Waals surface area contributed by atoms with Crippen LogP contribution < -0.4 is 5.32 Å². The van der Waals surface area contributed by atoms with Crippen molar-refractivity contribution in [1.29, 1.82) is 0 Å². The summed E-state index contributed by atoms with van der Waals surface area (Å²) in [5.41, 5.74) is 2.64. The van der Waals surface area contributed by atoms with Gasteiger partial charge in [0.1, 0.15) is 0 Å². The van der Waals surface area contributed by atoms with Crippen LogP contribution in [-0.4, -0.2) is 44.7 Å². The molecule has 1 aromatic rings. The van der Waals surface area contributed by atoms with Crippen LogP contribution in [0.3, 0.4) is 0 Å². The van der Waals surface area contributed by atoms with Crippen LogP contribution in [0.5, 0.6) is 0 Å². The lowest BCUT2D eigenvalue weighted by Crippen LogP contribution is -2.30. The van der Waals surface area contributed by atoms with Crippen molar-refractivity contribution in [2.45, 2.75) is 13.8 Å². The molecule has 0 bridgehead atoms. The summed E-state index contributed by atoms with van der Waals surface area (Å²) in [6.07, 6.45) is 0. The SMILES string of the molecule is CCOCCN(C)C(=O)c1cc(C)ccc1NC. The van der Waals surface area contributed by atoms with E-state index in [9.17, 15) is 4.79 Å². The van der Waals surface area contributed by atoms with E-state index in [0.29, 0.717) is 25.3 Å². The first kappa shape index (κ1) is 14.5. The molecule has 1 rings (SSSR count). The molecule has 1 amide bonds. The van der Waals surface area contributed by atoms with Crippen LogP contribution >= 0.6 is 0 Å². The Balaban J connectivity index is 2.79. The number of nitrogens with zero attached hydrogens (tertiary/aromatic N) is 1. The highest BCUT2D eigenvalue weighted by molar-refractivity contribution is 5.99. The summed E-state index contributed by atoms with van der Waals surface area (Å²) in [5.74, 6) is 0.0164. The van der Waals surface area contributed by atoms with E-state index >= 15 is 0 Å². The van der Waals surface area contributed by atoms with Gasteiger partial charge in [0.15, 0.2) is 0 Å². The molecule has 1 aromatic carbocycles. The smallest absolute Gasteiger partial charge is 0.255 e. The Labute approximate surface area is 109 Å². The number of anilines is 1. The molecule has 0 radical (unpaired) electrons. The molecule has 0 saturated heterocycles. The maximum atomic E-state index is 12.3. The predicted molar refractivity (Wildman–Crippen MR) is 74.2 cm³/mol. The first-order valence-electron chi connectivity index (χ1n) is 6.21. The van der Waals surface area contributed by atoms with Crippen molar-refractivity contribution in [3.63, 3.8) is 0 Å². The predicted octanol–water partition coefficient (Wildman–Crippen LogP) is 2.15. The fraction of sp³-hybridized carbons (Fsp3) is 0.500. The first-order valence-corrected chi connectivity index (χ1v) is 6.21. The topological polar surface area (TPSA) is 41.6 Å². The molecule has 0 atom stereocenters. The largest absolute Gasteiger partial charge is 0.387 e. The second kappa shape index (κ2) is 7.01. The number of nitrogens with one attached hydrogen (secondary N) is 1. The molecule has 0 aliphatic carbocycles. The van der Waals surface area contributed by atoms with E-state index in [0.717, 1.165) is 11.3 Å². The molecule has 1 N–H and O–H groups in total. The minimum absolute atomic E-state index is 0.0164. The molecular weight excluding hydrogens is 228 g/mol. The van der Waals surface area contributed by atoms with Crippen molar-refractivity contribution in [2.24, 2.45) is 0 Å². The van der Waals surface area contributed by atoms with Gasteiger partial charge in [-0.1, -0.05) is 11.6 Å². The molecule has 0 fully saturated rings. The quantitative estimate of drug-likeness (QED) is 0.787. The first-order chi connectivity index (χ1) is 8.60. The number of ether oxygens (including phenoxy) is 1. The lowest BCUT2D eigenvalue weighted by atomic mass is 10.1. The van der Waals surface area contributed by atoms with E-state index in [1.165, 1.54) is 0 Å². The van der Waals surface area contributed by atoms with E-state index in [2.05, 4.69) is 5.32 Å². The third kappa shape index (κ3) is 3.74. The van der Waals surface area contributed by atoms with E-state index in [1.807, 2.05) is 39.1 Å². The lowest BCUT2D eigenvalue weighted by Gasteiger charge is -2.19. The van der Waals surface area contributed by atoms with E-state index in [1.54, 1.807) is 11.9 Å². The van der Waals surface area contributed by atoms with Gasteiger partial charge in [-0.3, -0.25) is 4.79 Å². The Morgan fingerprint density at radius 1 is 1.44 bits per heavy atom. The molecule has 4 nitrogen and oxygen atoms in total. The summed E-state index contributed by atoms with van der Waals surface area (Å²) < 4.78 is 5.26. The zero-order chi connectivity index (χ0) is 13.5.